The van der Waals surface area contributed by atoms with Crippen LogP contribution in [0.2, 0.25) is 0 Å². The zero-order chi connectivity index (χ0) is 10.8. The highest BCUT2D eigenvalue weighted by atomic mass is 16.5. The summed E-state index contributed by atoms with van der Waals surface area (Å²) in [5.41, 5.74) is -0.564. The van der Waals surface area contributed by atoms with Crippen molar-refractivity contribution in [3.8, 4) is 0 Å². The fraction of sp³-hybridized carbons (Fsp3) is 1.00. The molecule has 1 N–H and O–H groups in total. The van der Waals surface area contributed by atoms with Crippen molar-refractivity contribution >= 4 is 0 Å². The number of ether oxygens (including phenoxy) is 1. The molecule has 0 aliphatic carbocycles. The largest absolute Gasteiger partial charge is 0.389 e. The van der Waals surface area contributed by atoms with E-state index in [2.05, 4.69) is 18.7 Å². The Kier molecular flexibility index (Phi) is 3.93. The zero-order valence-corrected chi connectivity index (χ0v) is 9.79. The Labute approximate surface area is 87.1 Å². The Hall–Kier alpha value is -0.120. The molecular weight excluding hydrogens is 178 g/mol. The van der Waals surface area contributed by atoms with Crippen molar-refractivity contribution in [2.24, 2.45) is 0 Å². The van der Waals surface area contributed by atoms with E-state index in [1.165, 1.54) is 0 Å². The van der Waals surface area contributed by atoms with Gasteiger partial charge in [0.15, 0.2) is 0 Å². The molecule has 1 aliphatic rings. The van der Waals surface area contributed by atoms with Gasteiger partial charge < -0.3 is 9.84 Å². The van der Waals surface area contributed by atoms with Crippen molar-refractivity contribution in [3.05, 3.63) is 0 Å². The maximum Gasteiger partial charge on any atom is 0.0743 e. The van der Waals surface area contributed by atoms with E-state index in [0.29, 0.717) is 12.1 Å². The monoisotopic (exact) mass is 201 g/mol. The molecule has 0 amide bonds. The molecule has 0 bridgehead atoms. The van der Waals surface area contributed by atoms with Gasteiger partial charge in [-0.3, -0.25) is 4.90 Å². The first-order valence-corrected chi connectivity index (χ1v) is 5.52. The molecule has 1 saturated heterocycles. The van der Waals surface area contributed by atoms with Gasteiger partial charge in [-0.1, -0.05) is 6.92 Å². The molecule has 0 saturated carbocycles. The van der Waals surface area contributed by atoms with Gasteiger partial charge in [-0.15, -0.1) is 0 Å². The Bertz CT molecular complexity index is 182. The summed E-state index contributed by atoms with van der Waals surface area (Å²) in [5, 5.41) is 10.00. The molecule has 14 heavy (non-hydrogen) atoms. The Balaban J connectivity index is 2.49. The lowest BCUT2D eigenvalue weighted by atomic mass is 10.0. The van der Waals surface area contributed by atoms with Gasteiger partial charge in [-0.05, 0) is 27.2 Å². The van der Waals surface area contributed by atoms with E-state index in [4.69, 9.17) is 4.74 Å². The van der Waals surface area contributed by atoms with Gasteiger partial charge in [0, 0.05) is 19.1 Å². The van der Waals surface area contributed by atoms with Crippen molar-refractivity contribution in [3.63, 3.8) is 0 Å². The summed E-state index contributed by atoms with van der Waals surface area (Å²) < 4.78 is 5.55. The fourth-order valence-electron chi connectivity index (χ4n) is 1.74. The lowest BCUT2D eigenvalue weighted by molar-refractivity contribution is -0.0798. The van der Waals surface area contributed by atoms with Crippen LogP contribution in [0.25, 0.3) is 0 Å². The van der Waals surface area contributed by atoms with E-state index in [0.717, 1.165) is 26.1 Å². The fourth-order valence-corrected chi connectivity index (χ4v) is 1.74. The molecule has 3 heteroatoms. The van der Waals surface area contributed by atoms with Gasteiger partial charge in [-0.2, -0.15) is 0 Å². The summed E-state index contributed by atoms with van der Waals surface area (Å²) in [5.74, 6) is 0. The average Bonchev–Trinajstić information content (AvgIpc) is 2.11. The zero-order valence-electron chi connectivity index (χ0n) is 9.79. The van der Waals surface area contributed by atoms with E-state index >= 15 is 0 Å². The molecule has 0 aromatic heterocycles. The van der Waals surface area contributed by atoms with Crippen molar-refractivity contribution in [1.82, 2.24) is 4.90 Å². The van der Waals surface area contributed by atoms with Crippen molar-refractivity contribution in [1.29, 1.82) is 0 Å². The minimum Gasteiger partial charge on any atom is -0.389 e. The first kappa shape index (κ1) is 12.0. The Morgan fingerprint density at radius 3 is 2.71 bits per heavy atom. The van der Waals surface area contributed by atoms with Crippen LogP contribution in [0.1, 0.15) is 34.1 Å². The van der Waals surface area contributed by atoms with Crippen LogP contribution in [0.15, 0.2) is 0 Å². The molecule has 3 nitrogen and oxygen atoms in total. The molecule has 1 heterocycles. The van der Waals surface area contributed by atoms with Gasteiger partial charge >= 0.3 is 0 Å². The number of aliphatic hydroxyl groups is 1. The van der Waals surface area contributed by atoms with Crippen LogP contribution >= 0.6 is 0 Å². The molecule has 3 atom stereocenters. The van der Waals surface area contributed by atoms with Crippen LogP contribution < -0.4 is 0 Å². The molecule has 0 aromatic rings. The molecule has 84 valence electrons. The summed E-state index contributed by atoms with van der Waals surface area (Å²) in [4.78, 5) is 2.32. The highest BCUT2D eigenvalue weighted by Gasteiger charge is 2.29. The lowest BCUT2D eigenvalue weighted by Gasteiger charge is -2.40. The molecule has 1 rings (SSSR count). The van der Waals surface area contributed by atoms with Crippen LogP contribution in [-0.4, -0.2) is 47.4 Å². The molecule has 1 aliphatic heterocycles. The second-order valence-electron chi connectivity index (χ2n) is 4.77. The molecule has 1 fully saturated rings. The summed E-state index contributed by atoms with van der Waals surface area (Å²) in [6.07, 6.45) is 1.09. The summed E-state index contributed by atoms with van der Waals surface area (Å²) >= 11 is 0. The van der Waals surface area contributed by atoms with Crippen LogP contribution in [0, 0.1) is 0 Å². The third kappa shape index (κ3) is 3.23. The number of hydrogen-bond acceptors (Lipinski definition) is 3. The maximum atomic E-state index is 10.00. The predicted octanol–water partition coefficient (Wildman–Crippen LogP) is 1.26. The summed E-state index contributed by atoms with van der Waals surface area (Å²) in [6.45, 7) is 10.6. The van der Waals surface area contributed by atoms with Gasteiger partial charge in [0.05, 0.1) is 18.3 Å². The molecule has 0 radical (unpaired) electrons. The second-order valence-corrected chi connectivity index (χ2v) is 4.77. The topological polar surface area (TPSA) is 32.7 Å². The number of hydrogen-bond donors (Lipinski definition) is 1. The van der Waals surface area contributed by atoms with E-state index in [1.54, 1.807) is 0 Å². The standard InChI is InChI=1S/C11H23NO2/c1-5-11(4,13)8-12-6-10(3)14-7-9(12)2/h9-10,13H,5-8H2,1-4H3. The van der Waals surface area contributed by atoms with Gasteiger partial charge in [-0.25, -0.2) is 0 Å². The highest BCUT2D eigenvalue weighted by Crippen LogP contribution is 2.17. The van der Waals surface area contributed by atoms with Gasteiger partial charge in [0.1, 0.15) is 0 Å². The van der Waals surface area contributed by atoms with Crippen molar-refractivity contribution in [2.45, 2.75) is 51.9 Å². The van der Waals surface area contributed by atoms with E-state index in [1.807, 2.05) is 13.8 Å². The Morgan fingerprint density at radius 2 is 2.14 bits per heavy atom. The number of nitrogens with zero attached hydrogens (tertiary/aromatic N) is 1. The Morgan fingerprint density at radius 1 is 1.50 bits per heavy atom. The van der Waals surface area contributed by atoms with Crippen molar-refractivity contribution in [2.75, 3.05) is 19.7 Å². The smallest absolute Gasteiger partial charge is 0.0743 e. The molecular formula is C11H23NO2. The maximum absolute atomic E-state index is 10.00. The molecule has 0 aromatic carbocycles. The SMILES string of the molecule is CCC(C)(O)CN1CC(C)OCC1C. The quantitative estimate of drug-likeness (QED) is 0.746. The van der Waals surface area contributed by atoms with Crippen LogP contribution in [0.3, 0.4) is 0 Å². The number of β-amino-alcohol motifs (C(OH)–C–C–N with tert-alkyl or cyclic N) is 1. The molecule has 0 spiro atoms. The van der Waals surface area contributed by atoms with Crippen LogP contribution in [-0.2, 0) is 4.74 Å². The number of rotatable bonds is 3. The van der Waals surface area contributed by atoms with E-state index in [9.17, 15) is 5.11 Å². The lowest BCUT2D eigenvalue weighted by Crippen LogP contribution is -2.52. The van der Waals surface area contributed by atoms with E-state index < -0.39 is 5.60 Å². The third-order valence-corrected chi connectivity index (χ3v) is 3.04. The highest BCUT2D eigenvalue weighted by molar-refractivity contribution is 4.82. The average molecular weight is 201 g/mol. The normalized spacial score (nSPS) is 34.1. The van der Waals surface area contributed by atoms with E-state index in [-0.39, 0.29) is 0 Å². The van der Waals surface area contributed by atoms with Crippen LogP contribution in [0.4, 0.5) is 0 Å². The second kappa shape index (κ2) is 4.60. The first-order chi connectivity index (χ1) is 6.44. The number of morpholine rings is 1. The predicted molar refractivity (Wildman–Crippen MR) is 57.4 cm³/mol. The summed E-state index contributed by atoms with van der Waals surface area (Å²) in [7, 11) is 0. The third-order valence-electron chi connectivity index (χ3n) is 3.04. The van der Waals surface area contributed by atoms with Gasteiger partial charge in [0.25, 0.3) is 0 Å². The summed E-state index contributed by atoms with van der Waals surface area (Å²) in [6, 6.07) is 0.421. The van der Waals surface area contributed by atoms with Gasteiger partial charge in [0.2, 0.25) is 0 Å². The minimum absolute atomic E-state index is 0.291. The molecule has 3 unspecified atom stereocenters. The van der Waals surface area contributed by atoms with Crippen LogP contribution in [0.5, 0.6) is 0 Å². The first-order valence-electron chi connectivity index (χ1n) is 5.52. The van der Waals surface area contributed by atoms with Crippen molar-refractivity contribution < 1.29 is 9.84 Å². The minimum atomic E-state index is -0.564.